The minimum absolute atomic E-state index is 0.000400. The molecule has 0 saturated carbocycles. The standard InChI is InChI=1S/C18H13ClF3N3O4/c19-12-5-1-10(2-6-12)16(27)23-14(9-26)15-24-17(29-25-15)11-3-7-13(8-4-11)28-18(20,21)22/h1-8,14,26H,9H2,(H,23,27). The Labute approximate surface area is 167 Å². The summed E-state index contributed by atoms with van der Waals surface area (Å²) in [6, 6.07) is 9.96. The van der Waals surface area contributed by atoms with Crippen LogP contribution in [-0.4, -0.2) is 34.1 Å². The minimum atomic E-state index is -4.80. The zero-order valence-corrected chi connectivity index (χ0v) is 15.2. The van der Waals surface area contributed by atoms with Crippen molar-refractivity contribution in [2.24, 2.45) is 0 Å². The third-order valence-electron chi connectivity index (χ3n) is 3.68. The molecule has 0 aliphatic carbocycles. The zero-order valence-electron chi connectivity index (χ0n) is 14.5. The summed E-state index contributed by atoms with van der Waals surface area (Å²) in [7, 11) is 0. The van der Waals surface area contributed by atoms with Crippen LogP contribution in [0.25, 0.3) is 11.5 Å². The predicted octanol–water partition coefficient (Wildman–Crippen LogP) is 3.75. The van der Waals surface area contributed by atoms with E-state index in [-0.39, 0.29) is 11.7 Å². The number of hydrogen-bond donors (Lipinski definition) is 2. The number of carbonyl (C=O) groups excluding carboxylic acids is 1. The molecule has 1 unspecified atom stereocenters. The van der Waals surface area contributed by atoms with Crippen molar-refractivity contribution in [3.63, 3.8) is 0 Å². The van der Waals surface area contributed by atoms with Crippen molar-refractivity contribution in [1.29, 1.82) is 0 Å². The maximum absolute atomic E-state index is 12.3. The highest BCUT2D eigenvalue weighted by Crippen LogP contribution is 2.26. The molecule has 0 aliphatic rings. The quantitative estimate of drug-likeness (QED) is 0.621. The molecule has 2 N–H and O–H groups in total. The van der Waals surface area contributed by atoms with Crippen molar-refractivity contribution in [2.45, 2.75) is 12.4 Å². The number of carbonyl (C=O) groups is 1. The minimum Gasteiger partial charge on any atom is -0.406 e. The maximum Gasteiger partial charge on any atom is 0.573 e. The largest absolute Gasteiger partial charge is 0.573 e. The van der Waals surface area contributed by atoms with E-state index in [1.807, 2.05) is 0 Å². The van der Waals surface area contributed by atoms with Gasteiger partial charge in [-0.25, -0.2) is 0 Å². The van der Waals surface area contributed by atoms with Crippen LogP contribution >= 0.6 is 11.6 Å². The average Bonchev–Trinajstić information content (AvgIpc) is 3.15. The van der Waals surface area contributed by atoms with Crippen molar-refractivity contribution < 1.29 is 32.3 Å². The number of benzene rings is 2. The normalized spacial score (nSPS) is 12.4. The van der Waals surface area contributed by atoms with Crippen molar-refractivity contribution in [3.05, 3.63) is 64.9 Å². The first-order chi connectivity index (χ1) is 13.7. The number of ether oxygens (including phenoxy) is 1. The van der Waals surface area contributed by atoms with Crippen molar-refractivity contribution in [1.82, 2.24) is 15.5 Å². The molecule has 2 aromatic carbocycles. The highest BCUT2D eigenvalue weighted by molar-refractivity contribution is 6.30. The van der Waals surface area contributed by atoms with Crippen LogP contribution in [0.2, 0.25) is 5.02 Å². The summed E-state index contributed by atoms with van der Waals surface area (Å²) < 4.78 is 45.5. The molecule has 29 heavy (non-hydrogen) atoms. The second kappa shape index (κ2) is 8.50. The number of alkyl halides is 3. The number of aliphatic hydroxyl groups is 1. The number of aromatic nitrogens is 2. The van der Waals surface area contributed by atoms with E-state index in [1.165, 1.54) is 24.3 Å². The molecule has 3 aromatic rings. The molecule has 0 saturated heterocycles. The Morgan fingerprint density at radius 2 is 1.83 bits per heavy atom. The first-order valence-electron chi connectivity index (χ1n) is 8.12. The van der Waals surface area contributed by atoms with Gasteiger partial charge in [-0.05, 0) is 48.5 Å². The van der Waals surface area contributed by atoms with Gasteiger partial charge in [0.05, 0.1) is 6.61 Å². The summed E-state index contributed by atoms with van der Waals surface area (Å²) in [5.41, 5.74) is 0.649. The van der Waals surface area contributed by atoms with Crippen LogP contribution < -0.4 is 10.1 Å². The second-order valence-electron chi connectivity index (χ2n) is 5.75. The van der Waals surface area contributed by atoms with Crippen LogP contribution in [-0.2, 0) is 0 Å². The van der Waals surface area contributed by atoms with E-state index in [9.17, 15) is 23.1 Å². The van der Waals surface area contributed by atoms with Crippen LogP contribution in [0.5, 0.6) is 5.75 Å². The molecule has 1 heterocycles. The van der Waals surface area contributed by atoms with Gasteiger partial charge in [0.1, 0.15) is 11.8 Å². The van der Waals surface area contributed by atoms with Gasteiger partial charge in [0.2, 0.25) is 0 Å². The van der Waals surface area contributed by atoms with Crippen LogP contribution in [0.15, 0.2) is 53.1 Å². The highest BCUT2D eigenvalue weighted by Gasteiger charge is 2.31. The summed E-state index contributed by atoms with van der Waals surface area (Å²) in [6.45, 7) is -0.503. The van der Waals surface area contributed by atoms with Gasteiger partial charge in [0, 0.05) is 16.1 Å². The zero-order chi connectivity index (χ0) is 21.0. The van der Waals surface area contributed by atoms with Crippen LogP contribution in [0.4, 0.5) is 13.2 Å². The van der Waals surface area contributed by atoms with Crippen molar-refractivity contribution >= 4 is 17.5 Å². The number of hydrogen-bond acceptors (Lipinski definition) is 6. The molecule has 1 amide bonds. The Morgan fingerprint density at radius 1 is 1.17 bits per heavy atom. The molecule has 7 nitrogen and oxygen atoms in total. The molecule has 0 fully saturated rings. The molecule has 0 radical (unpaired) electrons. The SMILES string of the molecule is O=C(NC(CO)c1noc(-c2ccc(OC(F)(F)F)cc2)n1)c1ccc(Cl)cc1. The molecular weight excluding hydrogens is 415 g/mol. The molecular formula is C18H13ClF3N3O4. The molecule has 1 atom stereocenters. The maximum atomic E-state index is 12.3. The molecule has 0 aliphatic heterocycles. The number of nitrogens with one attached hydrogen (secondary N) is 1. The van der Waals surface area contributed by atoms with E-state index >= 15 is 0 Å². The lowest BCUT2D eigenvalue weighted by atomic mass is 10.2. The Balaban J connectivity index is 1.71. The first kappa shape index (κ1) is 20.6. The molecule has 11 heteroatoms. The van der Waals surface area contributed by atoms with Gasteiger partial charge in [-0.15, -0.1) is 13.2 Å². The van der Waals surface area contributed by atoms with Gasteiger partial charge in [-0.3, -0.25) is 4.79 Å². The number of aliphatic hydroxyl groups excluding tert-OH is 1. The van der Waals surface area contributed by atoms with Crippen molar-refractivity contribution in [3.8, 4) is 17.2 Å². The first-order valence-corrected chi connectivity index (χ1v) is 8.50. The van der Waals surface area contributed by atoms with E-state index in [0.29, 0.717) is 16.1 Å². The second-order valence-corrected chi connectivity index (χ2v) is 6.18. The summed E-state index contributed by atoms with van der Waals surface area (Å²) in [4.78, 5) is 16.3. The average molecular weight is 428 g/mol. The number of amides is 1. The topological polar surface area (TPSA) is 97.5 Å². The molecule has 152 valence electrons. The smallest absolute Gasteiger partial charge is 0.406 e. The highest BCUT2D eigenvalue weighted by atomic mass is 35.5. The number of halogens is 4. The summed E-state index contributed by atoms with van der Waals surface area (Å²) in [5.74, 6) is -0.886. The fourth-order valence-electron chi connectivity index (χ4n) is 2.33. The lowest BCUT2D eigenvalue weighted by Gasteiger charge is -2.12. The van der Waals surface area contributed by atoms with Gasteiger partial charge in [-0.1, -0.05) is 16.8 Å². The van der Waals surface area contributed by atoms with Gasteiger partial charge in [0.15, 0.2) is 5.82 Å². The number of nitrogens with zero attached hydrogens (tertiary/aromatic N) is 2. The molecule has 0 spiro atoms. The lowest BCUT2D eigenvalue weighted by molar-refractivity contribution is -0.274. The van der Waals surface area contributed by atoms with Gasteiger partial charge in [0.25, 0.3) is 11.8 Å². The van der Waals surface area contributed by atoms with Crippen LogP contribution in [0.1, 0.15) is 22.2 Å². The van der Waals surface area contributed by atoms with Crippen molar-refractivity contribution in [2.75, 3.05) is 6.61 Å². The Kier molecular flexibility index (Phi) is 6.04. The van der Waals surface area contributed by atoms with Gasteiger partial charge >= 0.3 is 6.36 Å². The van der Waals surface area contributed by atoms with Crippen LogP contribution in [0, 0.1) is 0 Å². The van der Waals surface area contributed by atoms with Gasteiger partial charge in [-0.2, -0.15) is 4.98 Å². The van der Waals surface area contributed by atoms with E-state index in [0.717, 1.165) is 12.1 Å². The van der Waals surface area contributed by atoms with E-state index < -0.39 is 30.7 Å². The molecule has 0 bridgehead atoms. The number of rotatable bonds is 6. The predicted molar refractivity (Wildman–Crippen MR) is 95.2 cm³/mol. The fourth-order valence-corrected chi connectivity index (χ4v) is 2.45. The molecule has 1 aromatic heterocycles. The Bertz CT molecular complexity index is 975. The summed E-state index contributed by atoms with van der Waals surface area (Å²) in [6.07, 6.45) is -4.80. The summed E-state index contributed by atoms with van der Waals surface area (Å²) >= 11 is 5.78. The third-order valence-corrected chi connectivity index (χ3v) is 3.93. The van der Waals surface area contributed by atoms with Crippen LogP contribution in [0.3, 0.4) is 0 Å². The summed E-state index contributed by atoms with van der Waals surface area (Å²) in [5, 5.41) is 16.3. The Hall–Kier alpha value is -3.11. The van der Waals surface area contributed by atoms with Gasteiger partial charge < -0.3 is 19.7 Å². The fraction of sp³-hybridized carbons (Fsp3) is 0.167. The third kappa shape index (κ3) is 5.46. The van der Waals surface area contributed by atoms with E-state index in [2.05, 4.69) is 20.2 Å². The van der Waals surface area contributed by atoms with E-state index in [4.69, 9.17) is 16.1 Å². The monoisotopic (exact) mass is 427 g/mol. The lowest BCUT2D eigenvalue weighted by Crippen LogP contribution is -2.31. The Morgan fingerprint density at radius 3 is 2.41 bits per heavy atom. The van der Waals surface area contributed by atoms with E-state index in [1.54, 1.807) is 12.1 Å². The molecule has 3 rings (SSSR count).